The predicted octanol–water partition coefficient (Wildman–Crippen LogP) is 2.42. The van der Waals surface area contributed by atoms with E-state index in [-0.39, 0.29) is 23.7 Å². The molecule has 0 radical (unpaired) electrons. The zero-order valence-electron chi connectivity index (χ0n) is 10.6. The van der Waals surface area contributed by atoms with Crippen LogP contribution in [-0.2, 0) is 4.79 Å². The summed E-state index contributed by atoms with van der Waals surface area (Å²) in [4.78, 5) is 23.2. The molecule has 0 heterocycles. The summed E-state index contributed by atoms with van der Waals surface area (Å²) in [6.07, 6.45) is 0.474. The Balaban J connectivity index is 2.42. The normalized spacial score (nSPS) is 11.0. The molecule has 0 bridgehead atoms. The molecule has 0 aliphatic rings. The fourth-order valence-corrected chi connectivity index (χ4v) is 1.52. The smallest absolute Gasteiger partial charge is 0.251 e. The fourth-order valence-electron chi connectivity index (χ4n) is 1.52. The minimum Gasteiger partial charge on any atom is -0.345 e. The molecular weight excluding hydrogens is 214 g/mol. The Morgan fingerprint density at radius 2 is 1.71 bits per heavy atom. The van der Waals surface area contributed by atoms with Crippen LogP contribution in [0.1, 0.15) is 37.6 Å². The molecule has 0 aliphatic heterocycles. The van der Waals surface area contributed by atoms with Crippen LogP contribution in [0.4, 0.5) is 0 Å². The quantitative estimate of drug-likeness (QED) is 0.868. The van der Waals surface area contributed by atoms with Crippen molar-refractivity contribution in [2.24, 2.45) is 5.41 Å². The molecule has 0 spiro atoms. The van der Waals surface area contributed by atoms with Gasteiger partial charge in [0.2, 0.25) is 0 Å². The van der Waals surface area contributed by atoms with E-state index in [2.05, 4.69) is 5.32 Å². The number of benzene rings is 1. The maximum atomic E-state index is 11.7. The second-order valence-corrected chi connectivity index (χ2v) is 5.32. The monoisotopic (exact) mass is 233 g/mol. The van der Waals surface area contributed by atoms with Gasteiger partial charge in [-0.3, -0.25) is 9.59 Å². The number of amides is 1. The third kappa shape index (κ3) is 5.29. The second kappa shape index (κ2) is 5.62. The Hall–Kier alpha value is -1.64. The molecule has 0 aromatic heterocycles. The lowest BCUT2D eigenvalue weighted by atomic mass is 9.90. The first kappa shape index (κ1) is 13.4. The van der Waals surface area contributed by atoms with Crippen LogP contribution in [0, 0.1) is 5.41 Å². The van der Waals surface area contributed by atoms with Crippen LogP contribution in [0.5, 0.6) is 0 Å². The lowest BCUT2D eigenvalue weighted by Gasteiger charge is -2.16. The van der Waals surface area contributed by atoms with E-state index in [9.17, 15) is 9.59 Å². The summed E-state index contributed by atoms with van der Waals surface area (Å²) >= 11 is 0. The zero-order valence-corrected chi connectivity index (χ0v) is 10.6. The van der Waals surface area contributed by atoms with Gasteiger partial charge in [-0.1, -0.05) is 39.0 Å². The first-order valence-corrected chi connectivity index (χ1v) is 5.73. The van der Waals surface area contributed by atoms with Crippen molar-refractivity contribution in [3.63, 3.8) is 0 Å². The Kier molecular flexibility index (Phi) is 4.44. The SMILES string of the molecule is CC(C)(C)CC(=O)CNC(=O)c1ccccc1. The number of carbonyl (C=O) groups excluding carboxylic acids is 2. The Morgan fingerprint density at radius 1 is 1.12 bits per heavy atom. The Bertz CT molecular complexity index is 390. The maximum absolute atomic E-state index is 11.7. The van der Waals surface area contributed by atoms with E-state index < -0.39 is 0 Å². The van der Waals surface area contributed by atoms with E-state index >= 15 is 0 Å². The molecule has 0 aliphatic carbocycles. The average Bonchev–Trinajstić information content (AvgIpc) is 2.25. The molecule has 92 valence electrons. The molecule has 0 saturated heterocycles. The van der Waals surface area contributed by atoms with Crippen LogP contribution in [0.25, 0.3) is 0 Å². The third-order valence-electron chi connectivity index (χ3n) is 2.21. The summed E-state index contributed by atoms with van der Waals surface area (Å²) in [6, 6.07) is 8.90. The fraction of sp³-hybridized carbons (Fsp3) is 0.429. The number of hydrogen-bond donors (Lipinski definition) is 1. The number of Topliss-reactive ketones (excluding diaryl/α,β-unsaturated/α-hetero) is 1. The largest absolute Gasteiger partial charge is 0.345 e. The number of rotatable bonds is 4. The summed E-state index contributed by atoms with van der Waals surface area (Å²) < 4.78 is 0. The summed E-state index contributed by atoms with van der Waals surface area (Å²) in [5.74, 6) is -0.144. The van der Waals surface area contributed by atoms with Crippen LogP contribution >= 0.6 is 0 Å². The molecule has 17 heavy (non-hydrogen) atoms. The first-order valence-electron chi connectivity index (χ1n) is 5.73. The van der Waals surface area contributed by atoms with Gasteiger partial charge in [0.1, 0.15) is 0 Å². The van der Waals surface area contributed by atoms with E-state index in [0.29, 0.717) is 12.0 Å². The molecule has 1 rings (SSSR count). The van der Waals surface area contributed by atoms with Gasteiger partial charge in [0.05, 0.1) is 6.54 Å². The van der Waals surface area contributed by atoms with Gasteiger partial charge in [-0.2, -0.15) is 0 Å². The maximum Gasteiger partial charge on any atom is 0.251 e. The van der Waals surface area contributed by atoms with E-state index in [1.807, 2.05) is 26.8 Å². The highest BCUT2D eigenvalue weighted by atomic mass is 16.2. The number of hydrogen-bond acceptors (Lipinski definition) is 2. The second-order valence-electron chi connectivity index (χ2n) is 5.32. The summed E-state index contributed by atoms with van der Waals surface area (Å²) in [5.41, 5.74) is 0.547. The minimum absolute atomic E-state index is 0.0332. The molecule has 0 saturated carbocycles. The topological polar surface area (TPSA) is 46.2 Å². The van der Waals surface area contributed by atoms with Crippen molar-refractivity contribution in [1.29, 1.82) is 0 Å². The average molecular weight is 233 g/mol. The van der Waals surface area contributed by atoms with Crippen molar-refractivity contribution in [2.75, 3.05) is 6.54 Å². The highest BCUT2D eigenvalue weighted by molar-refractivity contribution is 5.96. The lowest BCUT2D eigenvalue weighted by molar-refractivity contribution is -0.119. The predicted molar refractivity (Wildman–Crippen MR) is 67.9 cm³/mol. The number of nitrogens with one attached hydrogen (secondary N) is 1. The molecule has 3 heteroatoms. The first-order chi connectivity index (χ1) is 7.88. The zero-order chi connectivity index (χ0) is 12.9. The molecular formula is C14H19NO2. The summed E-state index contributed by atoms with van der Waals surface area (Å²) in [5, 5.41) is 2.63. The summed E-state index contributed by atoms with van der Waals surface area (Å²) in [6.45, 7) is 6.11. The van der Waals surface area contributed by atoms with Gasteiger partial charge in [0, 0.05) is 12.0 Å². The lowest BCUT2D eigenvalue weighted by Crippen LogP contribution is -2.31. The number of ketones is 1. The molecule has 3 nitrogen and oxygen atoms in total. The van der Waals surface area contributed by atoms with Gasteiger partial charge >= 0.3 is 0 Å². The van der Waals surface area contributed by atoms with Gasteiger partial charge in [-0.05, 0) is 17.5 Å². The van der Waals surface area contributed by atoms with Crippen LogP contribution < -0.4 is 5.32 Å². The standard InChI is InChI=1S/C14H19NO2/c1-14(2,3)9-12(16)10-15-13(17)11-7-5-4-6-8-11/h4-8H,9-10H2,1-3H3,(H,15,17). The molecule has 0 fully saturated rings. The van der Waals surface area contributed by atoms with E-state index in [0.717, 1.165) is 0 Å². The highest BCUT2D eigenvalue weighted by Crippen LogP contribution is 2.18. The van der Waals surface area contributed by atoms with Crippen molar-refractivity contribution in [1.82, 2.24) is 5.32 Å². The third-order valence-corrected chi connectivity index (χ3v) is 2.21. The van der Waals surface area contributed by atoms with Gasteiger partial charge in [-0.25, -0.2) is 0 Å². The Morgan fingerprint density at radius 3 is 2.24 bits per heavy atom. The molecule has 1 aromatic rings. The molecule has 1 aromatic carbocycles. The number of carbonyl (C=O) groups is 2. The van der Waals surface area contributed by atoms with Crippen molar-refractivity contribution in [3.8, 4) is 0 Å². The van der Waals surface area contributed by atoms with Gasteiger partial charge in [0.25, 0.3) is 5.91 Å². The van der Waals surface area contributed by atoms with Crippen molar-refractivity contribution in [2.45, 2.75) is 27.2 Å². The molecule has 1 amide bonds. The molecule has 1 N–H and O–H groups in total. The van der Waals surface area contributed by atoms with Crippen LogP contribution in [0.2, 0.25) is 0 Å². The van der Waals surface area contributed by atoms with Crippen LogP contribution in [-0.4, -0.2) is 18.2 Å². The van der Waals surface area contributed by atoms with Gasteiger partial charge in [0.15, 0.2) is 5.78 Å². The van der Waals surface area contributed by atoms with Crippen molar-refractivity contribution < 1.29 is 9.59 Å². The van der Waals surface area contributed by atoms with Crippen molar-refractivity contribution >= 4 is 11.7 Å². The minimum atomic E-state index is -0.201. The highest BCUT2D eigenvalue weighted by Gasteiger charge is 2.16. The summed E-state index contributed by atoms with van der Waals surface area (Å²) in [7, 11) is 0. The molecule has 0 unspecified atom stereocenters. The van der Waals surface area contributed by atoms with Crippen LogP contribution in [0.3, 0.4) is 0 Å². The van der Waals surface area contributed by atoms with Gasteiger partial charge < -0.3 is 5.32 Å². The van der Waals surface area contributed by atoms with E-state index in [1.165, 1.54) is 0 Å². The van der Waals surface area contributed by atoms with Crippen LogP contribution in [0.15, 0.2) is 30.3 Å². The van der Waals surface area contributed by atoms with E-state index in [4.69, 9.17) is 0 Å². The molecule has 0 atom stereocenters. The Labute approximate surface area is 102 Å². The van der Waals surface area contributed by atoms with Gasteiger partial charge in [-0.15, -0.1) is 0 Å². The van der Waals surface area contributed by atoms with Crippen molar-refractivity contribution in [3.05, 3.63) is 35.9 Å². The van der Waals surface area contributed by atoms with E-state index in [1.54, 1.807) is 24.3 Å².